The summed E-state index contributed by atoms with van der Waals surface area (Å²) in [7, 11) is 3.80. The van der Waals surface area contributed by atoms with E-state index < -0.39 is 0 Å². The van der Waals surface area contributed by atoms with Gasteiger partial charge in [0.15, 0.2) is 0 Å². The second-order valence-electron chi connectivity index (χ2n) is 10.9. The highest BCUT2D eigenvalue weighted by atomic mass is 35.5. The maximum absolute atomic E-state index is 13.4. The summed E-state index contributed by atoms with van der Waals surface area (Å²) in [5.74, 6) is 1.11. The van der Waals surface area contributed by atoms with Crippen LogP contribution in [-0.2, 0) is 13.0 Å². The van der Waals surface area contributed by atoms with Gasteiger partial charge in [-0.05, 0) is 63.1 Å². The summed E-state index contributed by atoms with van der Waals surface area (Å²) in [5, 5.41) is 4.03. The lowest BCUT2D eigenvalue weighted by atomic mass is 10.0. The predicted octanol–water partition coefficient (Wildman–Crippen LogP) is 4.49. The van der Waals surface area contributed by atoms with Crippen molar-refractivity contribution in [1.29, 1.82) is 0 Å². The van der Waals surface area contributed by atoms with E-state index in [9.17, 15) is 4.79 Å². The fourth-order valence-corrected chi connectivity index (χ4v) is 6.45. The molecular formula is C29H37Cl2N7O2. The number of nitrogens with one attached hydrogen (secondary N) is 1. The molecule has 214 valence electrons. The highest BCUT2D eigenvalue weighted by Crippen LogP contribution is 2.36. The zero-order valence-electron chi connectivity index (χ0n) is 23.3. The molecule has 0 bridgehead atoms. The number of hydrogen-bond donors (Lipinski definition) is 1. The van der Waals surface area contributed by atoms with Gasteiger partial charge in [-0.1, -0.05) is 11.6 Å². The number of nitrogens with zero attached hydrogens (tertiary/aromatic N) is 6. The standard InChI is InChI=1S/C29H36ClN7O2.ClH/c1-19-16-25(30)37-11-6-21-18-31-29(33-26(21)27(19)37)32-23-5-4-20(17-24(23)39-3)28(38)36-9-7-22(8-10-36)35-14-12-34(2)13-15-35;/h4-5,16-18,22H,6-15H2,1-3H3,(H,31,32,33);1H. The van der Waals surface area contributed by atoms with Crippen LogP contribution in [-0.4, -0.2) is 94.6 Å². The van der Waals surface area contributed by atoms with Gasteiger partial charge in [0, 0.05) is 69.2 Å². The molecule has 2 saturated heterocycles. The summed E-state index contributed by atoms with van der Waals surface area (Å²) in [6, 6.07) is 8.09. The van der Waals surface area contributed by atoms with Gasteiger partial charge >= 0.3 is 0 Å². The molecule has 0 aliphatic carbocycles. The van der Waals surface area contributed by atoms with E-state index in [0.717, 1.165) is 92.7 Å². The molecule has 1 N–H and O–H groups in total. The number of aromatic nitrogens is 3. The van der Waals surface area contributed by atoms with E-state index in [4.69, 9.17) is 21.3 Å². The van der Waals surface area contributed by atoms with Gasteiger partial charge in [0.1, 0.15) is 10.9 Å². The Morgan fingerprint density at radius 3 is 2.55 bits per heavy atom. The first-order chi connectivity index (χ1) is 18.9. The Morgan fingerprint density at radius 1 is 1.07 bits per heavy atom. The number of ether oxygens (including phenoxy) is 1. The van der Waals surface area contributed by atoms with Crippen LogP contribution in [0, 0.1) is 6.92 Å². The first-order valence-electron chi connectivity index (χ1n) is 13.8. The molecule has 40 heavy (non-hydrogen) atoms. The number of amides is 1. The second-order valence-corrected chi connectivity index (χ2v) is 11.3. The van der Waals surface area contributed by atoms with Crippen LogP contribution in [0.25, 0.3) is 11.4 Å². The van der Waals surface area contributed by atoms with Crippen molar-refractivity contribution in [2.75, 3.05) is 58.7 Å². The fourth-order valence-electron chi connectivity index (χ4n) is 6.12. The Kier molecular flexibility index (Phi) is 8.56. The number of aryl methyl sites for hydroxylation is 2. The van der Waals surface area contributed by atoms with Crippen molar-refractivity contribution in [1.82, 2.24) is 29.2 Å². The summed E-state index contributed by atoms with van der Waals surface area (Å²) < 4.78 is 7.77. The quantitative estimate of drug-likeness (QED) is 0.472. The molecule has 3 aliphatic heterocycles. The average molecular weight is 587 g/mol. The lowest BCUT2D eigenvalue weighted by Crippen LogP contribution is -2.52. The number of benzene rings is 1. The molecule has 1 aromatic carbocycles. The molecule has 0 atom stereocenters. The third-order valence-electron chi connectivity index (χ3n) is 8.43. The molecule has 0 unspecified atom stereocenters. The fraction of sp³-hybridized carbons (Fsp3) is 0.483. The van der Waals surface area contributed by atoms with Gasteiger partial charge in [0.25, 0.3) is 5.91 Å². The van der Waals surface area contributed by atoms with Crippen molar-refractivity contribution in [3.63, 3.8) is 0 Å². The number of likely N-dealkylation sites (N-methyl/N-ethyl adjacent to an activating group) is 1. The number of piperidine rings is 1. The highest BCUT2D eigenvalue weighted by Gasteiger charge is 2.29. The number of hydrogen-bond acceptors (Lipinski definition) is 7. The van der Waals surface area contributed by atoms with E-state index in [1.807, 2.05) is 35.4 Å². The van der Waals surface area contributed by atoms with Crippen LogP contribution >= 0.6 is 24.0 Å². The Labute approximate surface area is 246 Å². The van der Waals surface area contributed by atoms with E-state index in [2.05, 4.69) is 38.6 Å². The molecular weight excluding hydrogens is 549 g/mol. The Morgan fingerprint density at radius 2 is 1.82 bits per heavy atom. The van der Waals surface area contributed by atoms with Gasteiger partial charge in [-0.25, -0.2) is 9.97 Å². The zero-order valence-corrected chi connectivity index (χ0v) is 24.9. The number of halogens is 2. The maximum Gasteiger partial charge on any atom is 0.253 e. The number of methoxy groups -OCH3 is 1. The molecule has 3 aliphatic rings. The van der Waals surface area contributed by atoms with Crippen molar-refractivity contribution in [2.45, 2.75) is 38.8 Å². The minimum Gasteiger partial charge on any atom is -0.495 e. The number of fused-ring (bicyclic) bond motifs is 3. The number of carbonyl (C=O) groups excluding carboxylic acids is 1. The van der Waals surface area contributed by atoms with Crippen molar-refractivity contribution in [3.05, 3.63) is 52.3 Å². The van der Waals surface area contributed by atoms with E-state index in [0.29, 0.717) is 29.0 Å². The van der Waals surface area contributed by atoms with Crippen molar-refractivity contribution in [3.8, 4) is 17.1 Å². The number of carbonyl (C=O) groups is 1. The molecule has 0 radical (unpaired) electrons. The highest BCUT2D eigenvalue weighted by molar-refractivity contribution is 6.30. The van der Waals surface area contributed by atoms with Crippen LogP contribution in [0.5, 0.6) is 5.75 Å². The van der Waals surface area contributed by atoms with Gasteiger partial charge in [-0.15, -0.1) is 12.4 Å². The van der Waals surface area contributed by atoms with Crippen LogP contribution in [0.2, 0.25) is 5.15 Å². The van der Waals surface area contributed by atoms with Crippen molar-refractivity contribution < 1.29 is 9.53 Å². The van der Waals surface area contributed by atoms with Crippen LogP contribution in [0.1, 0.15) is 34.3 Å². The van der Waals surface area contributed by atoms with Crippen LogP contribution < -0.4 is 10.1 Å². The summed E-state index contributed by atoms with van der Waals surface area (Å²) in [4.78, 5) is 29.7. The maximum atomic E-state index is 13.4. The van der Waals surface area contributed by atoms with Crippen LogP contribution in [0.3, 0.4) is 0 Å². The molecule has 3 aromatic rings. The smallest absolute Gasteiger partial charge is 0.253 e. The van der Waals surface area contributed by atoms with Gasteiger partial charge in [-0.3, -0.25) is 9.69 Å². The zero-order chi connectivity index (χ0) is 27.1. The summed E-state index contributed by atoms with van der Waals surface area (Å²) in [6.07, 6.45) is 4.76. The molecule has 6 rings (SSSR count). The lowest BCUT2D eigenvalue weighted by molar-refractivity contribution is 0.0518. The summed E-state index contributed by atoms with van der Waals surface area (Å²) in [6.45, 7) is 8.93. The molecule has 11 heteroatoms. The molecule has 0 spiro atoms. The predicted molar refractivity (Wildman–Crippen MR) is 160 cm³/mol. The number of anilines is 2. The summed E-state index contributed by atoms with van der Waals surface area (Å²) in [5.41, 5.74) is 5.48. The number of likely N-dealkylation sites (tertiary alicyclic amines) is 1. The number of piperazine rings is 1. The Hall–Kier alpha value is -2.85. The van der Waals surface area contributed by atoms with Crippen LogP contribution in [0.15, 0.2) is 30.5 Å². The molecule has 9 nitrogen and oxygen atoms in total. The monoisotopic (exact) mass is 585 g/mol. The van der Waals surface area contributed by atoms with E-state index in [1.165, 1.54) is 0 Å². The van der Waals surface area contributed by atoms with Gasteiger partial charge in [0.2, 0.25) is 5.95 Å². The largest absolute Gasteiger partial charge is 0.495 e. The molecule has 0 saturated carbocycles. The molecule has 1 amide bonds. The molecule has 2 aromatic heterocycles. The normalized spacial score (nSPS) is 18.1. The van der Waals surface area contributed by atoms with E-state index in [-0.39, 0.29) is 18.3 Å². The minimum atomic E-state index is 0. The third kappa shape index (κ3) is 5.52. The Balaban J connectivity index is 0.00000323. The van der Waals surface area contributed by atoms with E-state index in [1.54, 1.807) is 7.11 Å². The van der Waals surface area contributed by atoms with Gasteiger partial charge in [-0.2, -0.15) is 0 Å². The van der Waals surface area contributed by atoms with Crippen molar-refractivity contribution >= 4 is 41.6 Å². The van der Waals surface area contributed by atoms with Gasteiger partial charge < -0.3 is 24.4 Å². The third-order valence-corrected chi connectivity index (χ3v) is 8.74. The second kappa shape index (κ2) is 11.9. The van der Waals surface area contributed by atoms with Crippen molar-refractivity contribution in [2.24, 2.45) is 0 Å². The van der Waals surface area contributed by atoms with Gasteiger partial charge in [0.05, 0.1) is 24.2 Å². The minimum absolute atomic E-state index is 0. The average Bonchev–Trinajstić information content (AvgIpc) is 3.26. The molecule has 5 heterocycles. The SMILES string of the molecule is COc1cc(C(=O)N2CCC(N3CCN(C)CC3)CC2)ccc1Nc1ncc2c(n1)-c1c(C)cc(Cl)n1CC2.Cl. The molecule has 2 fully saturated rings. The van der Waals surface area contributed by atoms with Crippen LogP contribution in [0.4, 0.5) is 11.6 Å². The first-order valence-corrected chi connectivity index (χ1v) is 14.2. The Bertz CT molecular complexity index is 1380. The topological polar surface area (TPSA) is 78.8 Å². The summed E-state index contributed by atoms with van der Waals surface area (Å²) >= 11 is 6.44. The first kappa shape index (κ1) is 28.7. The van der Waals surface area contributed by atoms with E-state index >= 15 is 0 Å². The lowest BCUT2D eigenvalue weighted by Gasteiger charge is -2.42. The number of rotatable bonds is 5.